The number of aryl methyl sites for hydroxylation is 1. The van der Waals surface area contributed by atoms with Gasteiger partial charge in [-0.3, -0.25) is 4.79 Å². The van der Waals surface area contributed by atoms with Crippen LogP contribution in [0.1, 0.15) is 35.8 Å². The molecule has 0 aliphatic carbocycles. The summed E-state index contributed by atoms with van der Waals surface area (Å²) in [5, 5.41) is 2.70. The Morgan fingerprint density at radius 2 is 2.30 bits per heavy atom. The Hall–Kier alpha value is -2.35. The fraction of sp³-hybridized carbons (Fsp3) is 0.400. The van der Waals surface area contributed by atoms with Gasteiger partial charge in [0, 0.05) is 31.6 Å². The van der Waals surface area contributed by atoms with E-state index in [9.17, 15) is 13.6 Å². The number of carbonyl (C=O) groups is 1. The van der Waals surface area contributed by atoms with Crippen molar-refractivity contribution in [1.29, 1.82) is 0 Å². The molecule has 6 nitrogen and oxygen atoms in total. The molecule has 0 bridgehead atoms. The second-order valence-corrected chi connectivity index (χ2v) is 5.22. The van der Waals surface area contributed by atoms with Gasteiger partial charge in [-0.2, -0.15) is 0 Å². The van der Waals surface area contributed by atoms with Crippen molar-refractivity contribution in [3.63, 3.8) is 0 Å². The van der Waals surface area contributed by atoms with Crippen molar-refractivity contribution in [2.45, 2.75) is 32.0 Å². The van der Waals surface area contributed by atoms with E-state index in [1.807, 2.05) is 17.7 Å². The molecule has 0 aromatic carbocycles. The van der Waals surface area contributed by atoms with Crippen LogP contribution in [0.5, 0.6) is 0 Å². The van der Waals surface area contributed by atoms with Crippen LogP contribution in [0.15, 0.2) is 24.7 Å². The number of aromatic nitrogens is 3. The Kier molecular flexibility index (Phi) is 4.33. The number of amides is 1. The second kappa shape index (κ2) is 6.41. The van der Waals surface area contributed by atoms with Crippen LogP contribution in [0.3, 0.4) is 0 Å². The fourth-order valence-corrected chi connectivity index (χ4v) is 2.66. The van der Waals surface area contributed by atoms with E-state index in [0.717, 1.165) is 12.7 Å². The first-order valence-corrected chi connectivity index (χ1v) is 7.34. The summed E-state index contributed by atoms with van der Waals surface area (Å²) in [4.78, 5) is 20.0. The van der Waals surface area contributed by atoms with Crippen molar-refractivity contribution in [3.8, 4) is 0 Å². The summed E-state index contributed by atoms with van der Waals surface area (Å²) < 4.78 is 34.1. The third-order valence-corrected chi connectivity index (χ3v) is 3.77. The number of halogens is 2. The van der Waals surface area contributed by atoms with Gasteiger partial charge in [0.25, 0.3) is 5.91 Å². The van der Waals surface area contributed by atoms with Crippen LogP contribution in [-0.2, 0) is 11.3 Å². The van der Waals surface area contributed by atoms with E-state index in [1.165, 1.54) is 0 Å². The number of pyridine rings is 1. The van der Waals surface area contributed by atoms with Crippen LogP contribution in [0.2, 0.25) is 0 Å². The molecule has 1 saturated heterocycles. The van der Waals surface area contributed by atoms with Crippen LogP contribution in [0.25, 0.3) is 0 Å². The zero-order chi connectivity index (χ0) is 16.4. The van der Waals surface area contributed by atoms with E-state index in [2.05, 4.69) is 15.3 Å². The van der Waals surface area contributed by atoms with Gasteiger partial charge in [0.15, 0.2) is 11.5 Å². The summed E-state index contributed by atoms with van der Waals surface area (Å²) in [6.45, 7) is 3.17. The molecule has 1 fully saturated rings. The lowest BCUT2D eigenvalue weighted by Crippen LogP contribution is -2.38. The minimum atomic E-state index is -0.993. The third kappa shape index (κ3) is 3.07. The number of carbonyl (C=O) groups excluding carboxylic acids is 1. The fourth-order valence-electron chi connectivity index (χ4n) is 2.66. The molecule has 0 unspecified atom stereocenters. The summed E-state index contributed by atoms with van der Waals surface area (Å²) in [7, 11) is 0. The summed E-state index contributed by atoms with van der Waals surface area (Å²) in [6.07, 6.45) is 4.48. The van der Waals surface area contributed by atoms with Crippen LogP contribution >= 0.6 is 0 Å². The highest BCUT2D eigenvalue weighted by Crippen LogP contribution is 2.28. The van der Waals surface area contributed by atoms with Crippen molar-refractivity contribution >= 4 is 5.91 Å². The number of imidazole rings is 1. The SMILES string of the molecule is CCn1ccnc1[C@H]1OCC[C@@H]1NC(=O)c1ncc(F)cc1F. The highest BCUT2D eigenvalue weighted by molar-refractivity contribution is 5.92. The summed E-state index contributed by atoms with van der Waals surface area (Å²) in [5.41, 5.74) is -0.434. The largest absolute Gasteiger partial charge is 0.368 e. The molecule has 0 radical (unpaired) electrons. The zero-order valence-corrected chi connectivity index (χ0v) is 12.5. The van der Waals surface area contributed by atoms with E-state index in [1.54, 1.807) is 6.20 Å². The molecule has 1 amide bonds. The highest BCUT2D eigenvalue weighted by atomic mass is 19.1. The van der Waals surface area contributed by atoms with Gasteiger partial charge in [0.2, 0.25) is 0 Å². The number of ether oxygens (including phenoxy) is 1. The quantitative estimate of drug-likeness (QED) is 0.932. The van der Waals surface area contributed by atoms with E-state index in [0.29, 0.717) is 24.9 Å². The van der Waals surface area contributed by atoms with E-state index in [4.69, 9.17) is 4.74 Å². The van der Waals surface area contributed by atoms with Crippen LogP contribution < -0.4 is 5.32 Å². The number of hydrogen-bond acceptors (Lipinski definition) is 4. The molecular formula is C15H16F2N4O2. The Balaban J connectivity index is 1.77. The van der Waals surface area contributed by atoms with Gasteiger partial charge in [-0.15, -0.1) is 0 Å². The van der Waals surface area contributed by atoms with Crippen molar-refractivity contribution in [1.82, 2.24) is 19.9 Å². The van der Waals surface area contributed by atoms with Crippen LogP contribution in [0.4, 0.5) is 8.78 Å². The van der Waals surface area contributed by atoms with Gasteiger partial charge in [0.05, 0.1) is 12.2 Å². The molecule has 0 spiro atoms. The third-order valence-electron chi connectivity index (χ3n) is 3.77. The van der Waals surface area contributed by atoms with Crippen molar-refractivity contribution < 1.29 is 18.3 Å². The molecular weight excluding hydrogens is 306 g/mol. The monoisotopic (exact) mass is 322 g/mol. The summed E-state index contributed by atoms with van der Waals surface area (Å²) in [6, 6.07) is 0.287. The van der Waals surface area contributed by atoms with E-state index in [-0.39, 0.29) is 6.04 Å². The second-order valence-electron chi connectivity index (χ2n) is 5.22. The van der Waals surface area contributed by atoms with Crippen molar-refractivity contribution in [3.05, 3.63) is 47.8 Å². The first kappa shape index (κ1) is 15.5. The van der Waals surface area contributed by atoms with Gasteiger partial charge in [-0.1, -0.05) is 0 Å². The smallest absolute Gasteiger partial charge is 0.273 e. The predicted molar refractivity (Wildman–Crippen MR) is 76.6 cm³/mol. The molecule has 2 aromatic heterocycles. The first-order chi connectivity index (χ1) is 11.1. The zero-order valence-electron chi connectivity index (χ0n) is 12.5. The molecule has 2 atom stereocenters. The maximum Gasteiger partial charge on any atom is 0.273 e. The topological polar surface area (TPSA) is 69.0 Å². The summed E-state index contributed by atoms with van der Waals surface area (Å²) in [5.74, 6) is -1.81. The van der Waals surface area contributed by atoms with Crippen LogP contribution in [0, 0.1) is 11.6 Å². The Morgan fingerprint density at radius 3 is 3.04 bits per heavy atom. The van der Waals surface area contributed by atoms with E-state index >= 15 is 0 Å². The number of hydrogen-bond donors (Lipinski definition) is 1. The molecule has 23 heavy (non-hydrogen) atoms. The predicted octanol–water partition coefficient (Wildman–Crippen LogP) is 1.84. The average molecular weight is 322 g/mol. The minimum absolute atomic E-state index is 0.346. The molecule has 3 rings (SSSR count). The van der Waals surface area contributed by atoms with Crippen molar-refractivity contribution in [2.24, 2.45) is 0 Å². The maximum atomic E-state index is 13.7. The lowest BCUT2D eigenvalue weighted by Gasteiger charge is -2.20. The van der Waals surface area contributed by atoms with Crippen LogP contribution in [-0.4, -0.2) is 33.1 Å². The minimum Gasteiger partial charge on any atom is -0.368 e. The average Bonchev–Trinajstić information content (AvgIpc) is 3.14. The molecule has 122 valence electrons. The van der Waals surface area contributed by atoms with Gasteiger partial charge in [0.1, 0.15) is 17.7 Å². The Bertz CT molecular complexity index is 719. The first-order valence-electron chi connectivity index (χ1n) is 7.34. The number of nitrogens with one attached hydrogen (secondary N) is 1. The molecule has 0 saturated carbocycles. The molecule has 1 aliphatic heterocycles. The van der Waals surface area contributed by atoms with Gasteiger partial charge in [-0.05, 0) is 13.3 Å². The van der Waals surface area contributed by atoms with Gasteiger partial charge < -0.3 is 14.6 Å². The number of rotatable bonds is 4. The molecule has 3 heterocycles. The van der Waals surface area contributed by atoms with Crippen molar-refractivity contribution in [2.75, 3.05) is 6.61 Å². The Labute approximate surface area is 131 Å². The number of nitrogens with zero attached hydrogens (tertiary/aromatic N) is 3. The molecule has 1 aliphatic rings. The highest BCUT2D eigenvalue weighted by Gasteiger charge is 2.34. The van der Waals surface area contributed by atoms with Gasteiger partial charge >= 0.3 is 0 Å². The molecule has 2 aromatic rings. The maximum absolute atomic E-state index is 13.7. The Morgan fingerprint density at radius 1 is 1.48 bits per heavy atom. The summed E-state index contributed by atoms with van der Waals surface area (Å²) >= 11 is 0. The standard InChI is InChI=1S/C15H16F2N4O2/c1-2-21-5-4-18-14(21)13-11(3-6-23-13)20-15(22)12-10(17)7-9(16)8-19-12/h4-5,7-8,11,13H,2-3,6H2,1H3,(H,20,22)/t11-,13-/m0/s1. The lowest BCUT2D eigenvalue weighted by atomic mass is 10.1. The normalized spacial score (nSPS) is 20.7. The molecule has 1 N–H and O–H groups in total. The lowest BCUT2D eigenvalue weighted by molar-refractivity contribution is 0.0770. The van der Waals surface area contributed by atoms with E-state index < -0.39 is 29.3 Å². The van der Waals surface area contributed by atoms with Gasteiger partial charge in [-0.25, -0.2) is 18.7 Å². The molecule has 8 heteroatoms.